The van der Waals surface area contributed by atoms with Crippen LogP contribution >= 0.6 is 0 Å². The lowest BCUT2D eigenvalue weighted by atomic mass is 9.86. The molecule has 1 aliphatic carbocycles. The highest BCUT2D eigenvalue weighted by molar-refractivity contribution is 5.33. The minimum Gasteiger partial charge on any atom is -0.0667 e. The van der Waals surface area contributed by atoms with Crippen LogP contribution in [0.15, 0.2) is 34.8 Å². The Morgan fingerprint density at radius 1 is 1.09 bits per heavy atom. The molecule has 11 heavy (non-hydrogen) atoms. The zero-order valence-corrected chi connectivity index (χ0v) is 7.65. The largest absolute Gasteiger partial charge is 0.0667 e. The predicted molar refractivity (Wildman–Crippen MR) is 48.3 cm³/mol. The maximum Gasteiger partial charge on any atom is 0.00778 e. The second-order valence-electron chi connectivity index (χ2n) is 3.93. The number of allylic oxidation sites excluding steroid dienone is 4. The maximum absolute atomic E-state index is 3.15. The average molecular weight is 146 g/mol. The molecule has 0 atom stereocenters. The van der Waals surface area contributed by atoms with E-state index in [4.69, 9.17) is 0 Å². The summed E-state index contributed by atoms with van der Waals surface area (Å²) in [5.74, 6) is 0. The summed E-state index contributed by atoms with van der Waals surface area (Å²) >= 11 is 0. The second kappa shape index (κ2) is 2.58. The minimum absolute atomic E-state index is 0.199. The van der Waals surface area contributed by atoms with Crippen LogP contribution < -0.4 is 0 Å². The summed E-state index contributed by atoms with van der Waals surface area (Å²) in [4.78, 5) is 0. The molecule has 0 aliphatic heterocycles. The fourth-order valence-corrected chi connectivity index (χ4v) is 0.895. The van der Waals surface area contributed by atoms with E-state index >= 15 is 0 Å². The molecule has 0 aromatic rings. The van der Waals surface area contributed by atoms with Gasteiger partial charge in [-0.1, -0.05) is 32.2 Å². The van der Waals surface area contributed by atoms with E-state index in [-0.39, 0.29) is 5.41 Å². The SMILES string of the molecule is CC1=C=C=C(C(C)(C)C)C=C1. The molecule has 0 aromatic heterocycles. The summed E-state index contributed by atoms with van der Waals surface area (Å²) in [5, 5.41) is 0. The Balaban J connectivity index is 3.13. The highest BCUT2D eigenvalue weighted by Crippen LogP contribution is 2.26. The third-order valence-corrected chi connectivity index (χ3v) is 1.70. The van der Waals surface area contributed by atoms with Crippen LogP contribution in [0.4, 0.5) is 0 Å². The molecule has 0 bridgehead atoms. The van der Waals surface area contributed by atoms with Crippen LogP contribution in [0.5, 0.6) is 0 Å². The Kier molecular flexibility index (Phi) is 1.91. The molecule has 0 spiro atoms. The van der Waals surface area contributed by atoms with E-state index in [1.807, 2.05) is 6.92 Å². The summed E-state index contributed by atoms with van der Waals surface area (Å²) in [6, 6.07) is 0. The first-order valence-corrected chi connectivity index (χ1v) is 3.91. The van der Waals surface area contributed by atoms with Crippen LogP contribution in [0.1, 0.15) is 27.7 Å². The molecule has 0 unspecified atom stereocenters. The molecular formula is C11H14. The van der Waals surface area contributed by atoms with Crippen LogP contribution in [-0.2, 0) is 0 Å². The topological polar surface area (TPSA) is 0 Å². The number of hydrogen-bond donors (Lipinski definition) is 0. The Labute approximate surface area is 68.6 Å². The van der Waals surface area contributed by atoms with Crippen LogP contribution in [-0.4, -0.2) is 0 Å². The molecule has 1 aliphatic rings. The lowest BCUT2D eigenvalue weighted by molar-refractivity contribution is 0.518. The number of rotatable bonds is 0. The first-order chi connectivity index (χ1) is 5.00. The van der Waals surface area contributed by atoms with Crippen molar-refractivity contribution < 1.29 is 0 Å². The highest BCUT2D eigenvalue weighted by atomic mass is 14.2. The van der Waals surface area contributed by atoms with E-state index in [1.165, 1.54) is 5.57 Å². The quantitative estimate of drug-likeness (QED) is 0.460. The van der Waals surface area contributed by atoms with Crippen molar-refractivity contribution in [2.45, 2.75) is 27.7 Å². The molecule has 1 rings (SSSR count). The van der Waals surface area contributed by atoms with Gasteiger partial charge in [-0.25, -0.2) is 0 Å². The second-order valence-corrected chi connectivity index (χ2v) is 3.93. The van der Waals surface area contributed by atoms with Crippen LogP contribution in [0, 0.1) is 5.41 Å². The molecule has 0 amide bonds. The Morgan fingerprint density at radius 3 is 2.09 bits per heavy atom. The summed E-state index contributed by atoms with van der Waals surface area (Å²) in [7, 11) is 0. The van der Waals surface area contributed by atoms with Crippen molar-refractivity contribution in [2.24, 2.45) is 5.41 Å². The van der Waals surface area contributed by atoms with Crippen molar-refractivity contribution in [2.75, 3.05) is 0 Å². The van der Waals surface area contributed by atoms with E-state index in [2.05, 4.69) is 44.4 Å². The van der Waals surface area contributed by atoms with Gasteiger partial charge in [-0.3, -0.25) is 0 Å². The van der Waals surface area contributed by atoms with E-state index in [1.54, 1.807) is 0 Å². The molecule has 0 heteroatoms. The van der Waals surface area contributed by atoms with E-state index in [0.717, 1.165) is 5.57 Å². The monoisotopic (exact) mass is 146 g/mol. The Morgan fingerprint density at radius 2 is 1.73 bits per heavy atom. The molecule has 0 radical (unpaired) electrons. The molecule has 0 aromatic carbocycles. The minimum atomic E-state index is 0.199. The fourth-order valence-electron chi connectivity index (χ4n) is 0.895. The van der Waals surface area contributed by atoms with Gasteiger partial charge < -0.3 is 0 Å². The first-order valence-electron chi connectivity index (χ1n) is 3.91. The third-order valence-electron chi connectivity index (χ3n) is 1.70. The standard InChI is InChI=1S/C11H14/c1-9-5-7-10(8-6-9)11(2,3)4/h5,7H,1-4H3. The smallest absolute Gasteiger partial charge is 0.00778 e. The van der Waals surface area contributed by atoms with Gasteiger partial charge in [-0.05, 0) is 30.1 Å². The lowest BCUT2D eigenvalue weighted by Gasteiger charge is -2.18. The van der Waals surface area contributed by atoms with Crippen molar-refractivity contribution in [1.82, 2.24) is 0 Å². The highest BCUT2D eigenvalue weighted by Gasteiger charge is 2.14. The third kappa shape index (κ3) is 1.98. The summed E-state index contributed by atoms with van der Waals surface area (Å²) < 4.78 is 0. The van der Waals surface area contributed by atoms with Crippen LogP contribution in [0.3, 0.4) is 0 Å². The summed E-state index contributed by atoms with van der Waals surface area (Å²) in [5.41, 5.74) is 8.81. The zero-order valence-electron chi connectivity index (χ0n) is 7.65. The maximum atomic E-state index is 3.15. The molecule has 0 nitrogen and oxygen atoms in total. The van der Waals surface area contributed by atoms with Gasteiger partial charge in [0.05, 0.1) is 0 Å². The number of hydrogen-bond acceptors (Lipinski definition) is 0. The summed E-state index contributed by atoms with van der Waals surface area (Å²) in [6.07, 6.45) is 4.20. The van der Waals surface area contributed by atoms with E-state index in [0.29, 0.717) is 0 Å². The summed E-state index contributed by atoms with van der Waals surface area (Å²) in [6.45, 7) is 8.58. The normalized spacial score (nSPS) is 16.4. The van der Waals surface area contributed by atoms with Gasteiger partial charge in [0.1, 0.15) is 0 Å². The Bertz CT molecular complexity index is 282. The van der Waals surface area contributed by atoms with Gasteiger partial charge >= 0.3 is 0 Å². The lowest BCUT2D eigenvalue weighted by Crippen LogP contribution is -2.06. The first kappa shape index (κ1) is 8.14. The average Bonchev–Trinajstić information content (AvgIpc) is 1.86. The van der Waals surface area contributed by atoms with Gasteiger partial charge in [-0.2, -0.15) is 0 Å². The molecular weight excluding hydrogens is 132 g/mol. The van der Waals surface area contributed by atoms with Crippen molar-refractivity contribution in [3.8, 4) is 0 Å². The van der Waals surface area contributed by atoms with Gasteiger partial charge in [0.25, 0.3) is 0 Å². The van der Waals surface area contributed by atoms with Crippen molar-refractivity contribution in [3.63, 3.8) is 0 Å². The molecule has 58 valence electrons. The van der Waals surface area contributed by atoms with Crippen molar-refractivity contribution in [1.29, 1.82) is 0 Å². The van der Waals surface area contributed by atoms with Crippen molar-refractivity contribution >= 4 is 0 Å². The molecule has 0 fully saturated rings. The molecule has 0 saturated heterocycles. The molecule has 0 N–H and O–H groups in total. The predicted octanol–water partition coefficient (Wildman–Crippen LogP) is 3.23. The van der Waals surface area contributed by atoms with Gasteiger partial charge in [0.15, 0.2) is 0 Å². The van der Waals surface area contributed by atoms with Gasteiger partial charge in [-0.15, -0.1) is 0 Å². The van der Waals surface area contributed by atoms with E-state index < -0.39 is 0 Å². The fraction of sp³-hybridized carbons (Fsp3) is 0.455. The molecule has 0 heterocycles. The van der Waals surface area contributed by atoms with Gasteiger partial charge in [0.2, 0.25) is 0 Å². The molecule has 0 saturated carbocycles. The Hall–Kier alpha value is -0.960. The van der Waals surface area contributed by atoms with Crippen molar-refractivity contribution in [3.05, 3.63) is 34.8 Å². The van der Waals surface area contributed by atoms with Gasteiger partial charge in [0, 0.05) is 5.57 Å². The zero-order chi connectivity index (χ0) is 8.48. The van der Waals surface area contributed by atoms with Crippen LogP contribution in [0.25, 0.3) is 0 Å². The van der Waals surface area contributed by atoms with E-state index in [9.17, 15) is 0 Å². The van der Waals surface area contributed by atoms with Crippen LogP contribution in [0.2, 0.25) is 0 Å².